The Labute approximate surface area is 233 Å². The number of anilines is 2. The van der Waals surface area contributed by atoms with Crippen molar-refractivity contribution in [2.45, 2.75) is 21.2 Å². The van der Waals surface area contributed by atoms with E-state index >= 15 is 0 Å². The number of ether oxygens (including phenoxy) is 1. The first kappa shape index (κ1) is 30.1. The summed E-state index contributed by atoms with van der Waals surface area (Å²) < 4.78 is 110. The number of ketones is 2. The molecular weight excluding hydrogens is 606 g/mol. The lowest BCUT2D eigenvalue weighted by molar-refractivity contribution is 0.0977. The molecule has 8 N–H and O–H groups in total. The average Bonchev–Trinajstić information content (AvgIpc) is 2.84. The van der Waals surface area contributed by atoms with Crippen LogP contribution >= 0.6 is 0 Å². The van der Waals surface area contributed by atoms with Crippen LogP contribution in [0.2, 0.25) is 0 Å². The number of methoxy groups -OCH3 is 1. The van der Waals surface area contributed by atoms with Crippen molar-refractivity contribution in [3.05, 3.63) is 58.1 Å². The van der Waals surface area contributed by atoms with E-state index in [0.717, 1.165) is 24.3 Å². The van der Waals surface area contributed by atoms with Crippen molar-refractivity contribution in [2.75, 3.05) is 25.6 Å². The van der Waals surface area contributed by atoms with Crippen LogP contribution in [0, 0.1) is 0 Å². The van der Waals surface area contributed by atoms with Crippen LogP contribution in [-0.2, 0) is 36.9 Å². The highest BCUT2D eigenvalue weighted by Gasteiger charge is 2.42. The topological polar surface area (TPSA) is 271 Å². The van der Waals surface area contributed by atoms with Crippen LogP contribution in [0.15, 0.2) is 45.0 Å². The van der Waals surface area contributed by atoms with Crippen molar-refractivity contribution < 1.29 is 53.2 Å². The fraction of sp³-hybridized carbons (Fsp3) is 0.130. The predicted molar refractivity (Wildman–Crippen MR) is 143 cm³/mol. The molecule has 0 heterocycles. The van der Waals surface area contributed by atoms with Crippen LogP contribution < -0.4 is 21.5 Å². The number of nitrogens with two attached hydrogens (primary N) is 2. The minimum atomic E-state index is -5.36. The van der Waals surface area contributed by atoms with E-state index in [1.807, 2.05) is 0 Å². The van der Waals surface area contributed by atoms with Gasteiger partial charge in [-0.2, -0.15) is 25.3 Å². The van der Waals surface area contributed by atoms with Crippen LogP contribution in [0.5, 0.6) is 5.75 Å². The summed E-state index contributed by atoms with van der Waals surface area (Å²) in [6, 6.07) is 5.04. The molecule has 41 heavy (non-hydrogen) atoms. The maximum atomic E-state index is 14.0. The van der Waals surface area contributed by atoms with E-state index in [4.69, 9.17) is 16.2 Å². The molecule has 1 aliphatic rings. The van der Waals surface area contributed by atoms with E-state index in [0.29, 0.717) is 0 Å². The molecule has 0 spiro atoms. The Bertz CT molecular complexity index is 2020. The van der Waals surface area contributed by atoms with Crippen molar-refractivity contribution in [3.63, 3.8) is 0 Å². The third kappa shape index (κ3) is 4.74. The summed E-state index contributed by atoms with van der Waals surface area (Å²) in [6.45, 7) is -0.267. The van der Waals surface area contributed by atoms with E-state index in [9.17, 15) is 48.5 Å². The second-order valence-corrected chi connectivity index (χ2v) is 12.8. The SMILES string of the molecule is CNCc1c(OC)ccc(-c2c(N)c(S(=O)(=O)O)c(N)c3c2C(=O)c2c(cccc2S(=O)(=O)O)C3=O)c1S(=O)(=O)O. The predicted octanol–water partition coefficient (Wildman–Crippen LogP) is 0.762. The summed E-state index contributed by atoms with van der Waals surface area (Å²) in [6.07, 6.45) is 0. The van der Waals surface area contributed by atoms with Gasteiger partial charge >= 0.3 is 0 Å². The molecule has 0 aromatic heterocycles. The van der Waals surface area contributed by atoms with Gasteiger partial charge in [0.05, 0.1) is 29.6 Å². The van der Waals surface area contributed by atoms with E-state index in [1.54, 1.807) is 0 Å². The smallest absolute Gasteiger partial charge is 0.298 e. The number of nitrogens with one attached hydrogen (secondary N) is 1. The Hall–Kier alpha value is -3.91. The molecule has 0 fully saturated rings. The molecule has 15 nitrogen and oxygen atoms in total. The highest BCUT2D eigenvalue weighted by atomic mass is 32.2. The van der Waals surface area contributed by atoms with E-state index in [1.165, 1.54) is 20.2 Å². The first-order valence-electron chi connectivity index (χ1n) is 11.1. The van der Waals surface area contributed by atoms with Gasteiger partial charge in [0.1, 0.15) is 20.4 Å². The Morgan fingerprint density at radius 2 is 1.32 bits per heavy atom. The summed E-state index contributed by atoms with van der Waals surface area (Å²) in [5.74, 6) is -2.60. The fourth-order valence-electron chi connectivity index (χ4n) is 4.85. The van der Waals surface area contributed by atoms with Crippen molar-refractivity contribution in [1.29, 1.82) is 0 Å². The van der Waals surface area contributed by atoms with Crippen LogP contribution in [0.4, 0.5) is 11.4 Å². The van der Waals surface area contributed by atoms with Gasteiger partial charge in [-0.05, 0) is 25.2 Å². The third-order valence-electron chi connectivity index (χ3n) is 6.33. The molecule has 218 valence electrons. The van der Waals surface area contributed by atoms with E-state index in [-0.39, 0.29) is 17.9 Å². The zero-order valence-corrected chi connectivity index (χ0v) is 23.4. The second-order valence-electron chi connectivity index (χ2n) is 8.70. The number of carbonyl (C=O) groups is 2. The number of nitrogen functional groups attached to an aromatic ring is 2. The van der Waals surface area contributed by atoms with Crippen molar-refractivity contribution in [1.82, 2.24) is 5.32 Å². The Morgan fingerprint density at radius 3 is 1.83 bits per heavy atom. The number of fused-ring (bicyclic) bond motifs is 2. The molecule has 18 heteroatoms. The van der Waals surface area contributed by atoms with Gasteiger partial charge in [-0.3, -0.25) is 23.2 Å². The molecule has 4 rings (SSSR count). The highest BCUT2D eigenvalue weighted by Crippen LogP contribution is 2.48. The molecule has 0 bridgehead atoms. The van der Waals surface area contributed by atoms with Crippen LogP contribution in [-0.4, -0.2) is 64.6 Å². The van der Waals surface area contributed by atoms with Gasteiger partial charge in [0, 0.05) is 34.4 Å². The third-order valence-corrected chi connectivity index (χ3v) is 9.17. The molecule has 0 amide bonds. The maximum absolute atomic E-state index is 14.0. The molecule has 3 aromatic carbocycles. The van der Waals surface area contributed by atoms with Gasteiger partial charge in [0.25, 0.3) is 30.4 Å². The largest absolute Gasteiger partial charge is 0.496 e. The van der Waals surface area contributed by atoms with Gasteiger partial charge in [0.15, 0.2) is 11.6 Å². The molecule has 1 aliphatic carbocycles. The first-order valence-corrected chi connectivity index (χ1v) is 15.4. The number of benzene rings is 3. The number of carbonyl (C=O) groups excluding carboxylic acids is 2. The molecule has 0 saturated heterocycles. The van der Waals surface area contributed by atoms with Crippen molar-refractivity contribution in [3.8, 4) is 16.9 Å². The molecule has 3 aromatic rings. The van der Waals surface area contributed by atoms with Crippen LogP contribution in [0.1, 0.15) is 37.4 Å². The maximum Gasteiger partial charge on any atom is 0.298 e. The Kier molecular flexibility index (Phi) is 7.24. The van der Waals surface area contributed by atoms with Crippen molar-refractivity contribution >= 4 is 53.3 Å². The minimum absolute atomic E-state index is 0.0741. The van der Waals surface area contributed by atoms with Gasteiger partial charge in [0.2, 0.25) is 0 Å². The zero-order valence-electron chi connectivity index (χ0n) is 21.0. The molecule has 0 unspecified atom stereocenters. The molecular formula is C23H21N3O12S3. The molecule has 0 saturated carbocycles. The normalized spacial score (nSPS) is 13.6. The fourth-order valence-corrected chi connectivity index (χ4v) is 7.26. The average molecular weight is 628 g/mol. The standard InChI is InChI=1S/C23H21N3O12S3/c1-26-8-11-12(38-2)7-6-10(22(11)40(32,33)34)15-16-17(19(25)23(18(15)24)41(35,36)37)20(27)9-4-3-5-13(39(29,30)31)14(9)21(16)28/h3-7,26H,8,24-25H2,1-2H3,(H,29,30,31)(H,32,33,34)(H,35,36,37). The quantitative estimate of drug-likeness (QED) is 0.122. The Morgan fingerprint density at radius 1 is 0.732 bits per heavy atom. The molecule has 0 aliphatic heterocycles. The first-order chi connectivity index (χ1) is 18.9. The van der Waals surface area contributed by atoms with Crippen molar-refractivity contribution in [2.24, 2.45) is 0 Å². The van der Waals surface area contributed by atoms with E-state index in [2.05, 4.69) is 5.32 Å². The lowest BCUT2D eigenvalue weighted by atomic mass is 9.78. The second kappa shape index (κ2) is 9.87. The van der Waals surface area contributed by atoms with Gasteiger partial charge in [-0.1, -0.05) is 12.1 Å². The Balaban J connectivity index is 2.35. The molecule has 0 atom stereocenters. The van der Waals surface area contributed by atoms with Crippen LogP contribution in [0.25, 0.3) is 11.1 Å². The number of hydrogen-bond acceptors (Lipinski definition) is 12. The lowest BCUT2D eigenvalue weighted by Gasteiger charge is -2.27. The summed E-state index contributed by atoms with van der Waals surface area (Å²) in [4.78, 5) is 24.5. The summed E-state index contributed by atoms with van der Waals surface area (Å²) in [7, 11) is -13.1. The summed E-state index contributed by atoms with van der Waals surface area (Å²) in [5, 5.41) is 2.67. The molecule has 0 radical (unpaired) electrons. The van der Waals surface area contributed by atoms with Gasteiger partial charge in [-0.15, -0.1) is 0 Å². The van der Waals surface area contributed by atoms with Gasteiger partial charge in [-0.25, -0.2) is 0 Å². The summed E-state index contributed by atoms with van der Waals surface area (Å²) in [5.41, 5.74) is 5.36. The van der Waals surface area contributed by atoms with Gasteiger partial charge < -0.3 is 21.5 Å². The monoisotopic (exact) mass is 627 g/mol. The zero-order chi connectivity index (χ0) is 30.8. The number of rotatable bonds is 7. The summed E-state index contributed by atoms with van der Waals surface area (Å²) >= 11 is 0. The highest BCUT2D eigenvalue weighted by molar-refractivity contribution is 7.86. The lowest BCUT2D eigenvalue weighted by Crippen LogP contribution is -2.28. The minimum Gasteiger partial charge on any atom is -0.496 e. The van der Waals surface area contributed by atoms with E-state index < -0.39 is 101 Å². The number of hydrogen-bond donors (Lipinski definition) is 6. The van der Waals surface area contributed by atoms with Crippen LogP contribution in [0.3, 0.4) is 0 Å².